The Hall–Kier alpha value is -1.25. The van der Waals surface area contributed by atoms with Crippen LogP contribution in [0, 0.1) is 6.92 Å². The minimum atomic E-state index is -0.132. The second-order valence-electron chi connectivity index (χ2n) is 2.84. The summed E-state index contributed by atoms with van der Waals surface area (Å²) >= 11 is 0. The molecule has 0 amide bonds. The Morgan fingerprint density at radius 2 is 2.17 bits per heavy atom. The predicted molar refractivity (Wildman–Crippen MR) is 45.5 cm³/mol. The molecule has 0 N–H and O–H groups in total. The summed E-state index contributed by atoms with van der Waals surface area (Å²) in [6, 6.07) is 1.35. The minimum Gasteiger partial charge on any atom is -0.484 e. The van der Waals surface area contributed by atoms with Gasteiger partial charge in [-0.1, -0.05) is 0 Å². The van der Waals surface area contributed by atoms with Gasteiger partial charge in [-0.3, -0.25) is 4.79 Å². The largest absolute Gasteiger partial charge is 0.484 e. The van der Waals surface area contributed by atoms with Crippen molar-refractivity contribution < 1.29 is 9.15 Å². The number of rotatable bonds is 2. The van der Waals surface area contributed by atoms with Gasteiger partial charge in [0.2, 0.25) is 11.2 Å². The van der Waals surface area contributed by atoms with Crippen LogP contribution < -0.4 is 10.2 Å². The van der Waals surface area contributed by atoms with E-state index in [1.54, 1.807) is 6.92 Å². The lowest BCUT2D eigenvalue weighted by molar-refractivity contribution is 0.229. The monoisotopic (exact) mass is 168 g/mol. The Balaban J connectivity index is 3.05. The van der Waals surface area contributed by atoms with Gasteiger partial charge in [-0.15, -0.1) is 0 Å². The minimum absolute atomic E-state index is 0.00556. The second kappa shape index (κ2) is 3.43. The highest BCUT2D eigenvalue weighted by Gasteiger charge is 2.07. The van der Waals surface area contributed by atoms with Gasteiger partial charge in [0.15, 0.2) is 0 Å². The van der Waals surface area contributed by atoms with Gasteiger partial charge in [-0.2, -0.15) is 0 Å². The van der Waals surface area contributed by atoms with E-state index < -0.39 is 0 Å². The summed E-state index contributed by atoms with van der Waals surface area (Å²) < 4.78 is 10.3. The molecule has 0 spiro atoms. The molecule has 0 bridgehead atoms. The zero-order valence-corrected chi connectivity index (χ0v) is 7.46. The van der Waals surface area contributed by atoms with Crippen molar-refractivity contribution in [2.45, 2.75) is 26.9 Å². The fourth-order valence-electron chi connectivity index (χ4n) is 0.877. The number of hydrogen-bond donors (Lipinski definition) is 0. The average Bonchev–Trinajstić information content (AvgIpc) is 1.97. The molecule has 66 valence electrons. The van der Waals surface area contributed by atoms with Crippen LogP contribution in [0.4, 0.5) is 0 Å². The molecule has 3 heteroatoms. The Morgan fingerprint density at radius 3 is 2.67 bits per heavy atom. The first-order valence-electron chi connectivity index (χ1n) is 3.86. The molecule has 0 aliphatic rings. The van der Waals surface area contributed by atoms with Crippen molar-refractivity contribution in [3.63, 3.8) is 0 Å². The molecule has 0 atom stereocenters. The van der Waals surface area contributed by atoms with Crippen LogP contribution in [0.3, 0.4) is 0 Å². The van der Waals surface area contributed by atoms with Crippen molar-refractivity contribution in [2.24, 2.45) is 0 Å². The van der Waals surface area contributed by atoms with E-state index in [-0.39, 0.29) is 11.5 Å². The normalized spacial score (nSPS) is 10.3. The summed E-state index contributed by atoms with van der Waals surface area (Å²) in [6.07, 6.45) is 1.36. The lowest BCUT2D eigenvalue weighted by Crippen LogP contribution is -2.14. The molecule has 0 fully saturated rings. The molecule has 0 aliphatic carbocycles. The van der Waals surface area contributed by atoms with Gasteiger partial charge in [0, 0.05) is 6.07 Å². The molecule has 1 aromatic heterocycles. The molecule has 0 aromatic carbocycles. The summed E-state index contributed by atoms with van der Waals surface area (Å²) in [5.74, 6) is 0.837. The standard InChI is InChI=1S/C9H12O3/c1-6(2)12-9-7(3)11-5-4-8(9)10/h4-6H,1-3H3. The van der Waals surface area contributed by atoms with E-state index in [4.69, 9.17) is 9.15 Å². The molecule has 0 saturated heterocycles. The first-order chi connectivity index (χ1) is 5.61. The van der Waals surface area contributed by atoms with E-state index in [9.17, 15) is 4.79 Å². The smallest absolute Gasteiger partial charge is 0.227 e. The van der Waals surface area contributed by atoms with E-state index in [0.717, 1.165) is 0 Å². The van der Waals surface area contributed by atoms with Crippen LogP contribution in [0.25, 0.3) is 0 Å². The molecule has 1 rings (SSSR count). The Kier molecular flexibility index (Phi) is 2.53. The topological polar surface area (TPSA) is 39.4 Å². The van der Waals surface area contributed by atoms with Crippen molar-refractivity contribution in [3.05, 3.63) is 28.3 Å². The molecule has 1 aromatic rings. The van der Waals surface area contributed by atoms with Crippen LogP contribution in [0.2, 0.25) is 0 Å². The van der Waals surface area contributed by atoms with Crippen molar-refractivity contribution in [3.8, 4) is 5.75 Å². The van der Waals surface area contributed by atoms with Gasteiger partial charge >= 0.3 is 0 Å². The van der Waals surface area contributed by atoms with Crippen LogP contribution in [-0.2, 0) is 0 Å². The van der Waals surface area contributed by atoms with Crippen LogP contribution in [-0.4, -0.2) is 6.10 Å². The molecule has 1 heterocycles. The summed E-state index contributed by atoms with van der Waals surface area (Å²) in [5.41, 5.74) is -0.132. The van der Waals surface area contributed by atoms with E-state index in [1.807, 2.05) is 13.8 Å². The van der Waals surface area contributed by atoms with Crippen LogP contribution >= 0.6 is 0 Å². The average molecular weight is 168 g/mol. The summed E-state index contributed by atoms with van der Waals surface area (Å²) in [6.45, 7) is 5.44. The summed E-state index contributed by atoms with van der Waals surface area (Å²) in [7, 11) is 0. The Bertz CT molecular complexity index is 312. The van der Waals surface area contributed by atoms with Crippen molar-refractivity contribution in [2.75, 3.05) is 0 Å². The third kappa shape index (κ3) is 1.87. The molecular formula is C9H12O3. The molecule has 3 nitrogen and oxygen atoms in total. The van der Waals surface area contributed by atoms with Gasteiger partial charge in [-0.25, -0.2) is 0 Å². The zero-order chi connectivity index (χ0) is 9.14. The van der Waals surface area contributed by atoms with E-state index in [2.05, 4.69) is 0 Å². The fraction of sp³-hybridized carbons (Fsp3) is 0.444. The second-order valence-corrected chi connectivity index (χ2v) is 2.84. The third-order valence-electron chi connectivity index (χ3n) is 1.36. The lowest BCUT2D eigenvalue weighted by Gasteiger charge is -2.09. The summed E-state index contributed by atoms with van der Waals surface area (Å²) in [4.78, 5) is 11.2. The number of ether oxygens (including phenoxy) is 1. The Morgan fingerprint density at radius 1 is 1.50 bits per heavy atom. The molecule has 0 saturated carbocycles. The lowest BCUT2D eigenvalue weighted by atomic mass is 10.3. The molecule has 0 aliphatic heterocycles. The van der Waals surface area contributed by atoms with Crippen LogP contribution in [0.1, 0.15) is 19.6 Å². The maximum absolute atomic E-state index is 11.2. The van der Waals surface area contributed by atoms with Gasteiger partial charge in [-0.05, 0) is 20.8 Å². The molecule has 0 unspecified atom stereocenters. The third-order valence-corrected chi connectivity index (χ3v) is 1.36. The van der Waals surface area contributed by atoms with Gasteiger partial charge in [0.25, 0.3) is 0 Å². The van der Waals surface area contributed by atoms with Gasteiger partial charge < -0.3 is 9.15 Å². The number of hydrogen-bond acceptors (Lipinski definition) is 3. The highest BCUT2D eigenvalue weighted by Crippen LogP contribution is 2.11. The van der Waals surface area contributed by atoms with Crippen LogP contribution in [0.5, 0.6) is 5.75 Å². The van der Waals surface area contributed by atoms with Crippen LogP contribution in [0.15, 0.2) is 21.5 Å². The first-order valence-corrected chi connectivity index (χ1v) is 3.86. The molecular weight excluding hydrogens is 156 g/mol. The van der Waals surface area contributed by atoms with E-state index in [1.165, 1.54) is 12.3 Å². The predicted octanol–water partition coefficient (Wildman–Crippen LogP) is 1.74. The van der Waals surface area contributed by atoms with Gasteiger partial charge in [0.1, 0.15) is 5.76 Å². The van der Waals surface area contributed by atoms with E-state index in [0.29, 0.717) is 11.5 Å². The zero-order valence-electron chi connectivity index (χ0n) is 7.46. The molecule has 12 heavy (non-hydrogen) atoms. The Labute approximate surface area is 71.0 Å². The van der Waals surface area contributed by atoms with Crippen molar-refractivity contribution >= 4 is 0 Å². The van der Waals surface area contributed by atoms with E-state index >= 15 is 0 Å². The maximum Gasteiger partial charge on any atom is 0.227 e. The highest BCUT2D eigenvalue weighted by atomic mass is 16.5. The van der Waals surface area contributed by atoms with Crippen molar-refractivity contribution in [1.29, 1.82) is 0 Å². The summed E-state index contributed by atoms with van der Waals surface area (Å²) in [5, 5.41) is 0. The highest BCUT2D eigenvalue weighted by molar-refractivity contribution is 5.23. The van der Waals surface area contributed by atoms with Crippen molar-refractivity contribution in [1.82, 2.24) is 0 Å². The maximum atomic E-state index is 11.2. The quantitative estimate of drug-likeness (QED) is 0.675. The fourth-order valence-corrected chi connectivity index (χ4v) is 0.877. The SMILES string of the molecule is Cc1occc(=O)c1OC(C)C. The number of aryl methyl sites for hydroxylation is 1. The van der Waals surface area contributed by atoms with Gasteiger partial charge in [0.05, 0.1) is 12.4 Å². The first kappa shape index (κ1) is 8.84. The molecule has 0 radical (unpaired) electrons.